The summed E-state index contributed by atoms with van der Waals surface area (Å²) in [6.07, 6.45) is -0.0183. The van der Waals surface area contributed by atoms with Crippen LogP contribution in [0.15, 0.2) is 47.4 Å². The molecule has 0 aliphatic heterocycles. The quantitative estimate of drug-likeness (QED) is 0.594. The average molecular weight is 392 g/mol. The number of hydrogen-bond acceptors (Lipinski definition) is 6. The van der Waals surface area contributed by atoms with E-state index >= 15 is 0 Å². The predicted octanol–water partition coefficient (Wildman–Crippen LogP) is 1.16. The minimum Gasteiger partial charge on any atom is -0.334 e. The molecule has 27 heavy (non-hydrogen) atoms. The first-order chi connectivity index (χ1) is 12.7. The molecule has 0 spiro atoms. The van der Waals surface area contributed by atoms with Crippen molar-refractivity contribution in [2.24, 2.45) is 5.73 Å². The molecule has 0 aliphatic carbocycles. The molecule has 0 radical (unpaired) electrons. The second-order valence-electron chi connectivity index (χ2n) is 5.43. The fourth-order valence-corrected chi connectivity index (χ4v) is 3.08. The smallest absolute Gasteiger partial charge is 0.334 e. The Morgan fingerprint density at radius 2 is 2.04 bits per heavy atom. The van der Waals surface area contributed by atoms with Crippen LogP contribution in [0.4, 0.5) is 9.18 Å². The lowest BCUT2D eigenvalue weighted by molar-refractivity contribution is 0.212. The maximum atomic E-state index is 14.4. The highest BCUT2D eigenvalue weighted by molar-refractivity contribution is 7.85. The summed E-state index contributed by atoms with van der Waals surface area (Å²) in [6.45, 7) is -0.438. The number of carbonyl (C=O) groups is 1. The maximum Gasteiger partial charge on any atom is 0.421 e. The van der Waals surface area contributed by atoms with Gasteiger partial charge in [-0.3, -0.25) is 4.79 Å². The van der Waals surface area contributed by atoms with Crippen LogP contribution >= 0.6 is 0 Å². The zero-order valence-electron chi connectivity index (χ0n) is 13.6. The highest BCUT2D eigenvalue weighted by atomic mass is 32.2. The van der Waals surface area contributed by atoms with Gasteiger partial charge in [-0.2, -0.15) is 13.1 Å². The fourth-order valence-electron chi connectivity index (χ4n) is 2.47. The first kappa shape index (κ1) is 18.5. The summed E-state index contributed by atoms with van der Waals surface area (Å²) in [6, 6.07) is 8.78. The Balaban J connectivity index is 1.90. The van der Waals surface area contributed by atoms with Gasteiger partial charge in [-0.25, -0.2) is 14.2 Å². The number of amides is 1. The molecule has 0 saturated heterocycles. The molecule has 0 aliphatic rings. The topological polar surface area (TPSA) is 144 Å². The number of nitrogens with one attached hydrogen (secondary N) is 2. The fraction of sp³-hybridized carbons (Fsp3) is 0.0625. The summed E-state index contributed by atoms with van der Waals surface area (Å²) in [5, 5.41) is 0.625. The number of carbonyl (C=O) groups excluding carboxylic acids is 1. The minimum absolute atomic E-state index is 0.0298. The van der Waals surface area contributed by atoms with Crippen molar-refractivity contribution in [2.75, 3.05) is 0 Å². The van der Waals surface area contributed by atoms with Gasteiger partial charge in [0.05, 0.1) is 0 Å². The lowest BCUT2D eigenvalue weighted by Gasteiger charge is -2.09. The molecule has 2 heterocycles. The van der Waals surface area contributed by atoms with Gasteiger partial charge in [0.25, 0.3) is 0 Å². The van der Waals surface area contributed by atoms with E-state index < -0.39 is 28.8 Å². The van der Waals surface area contributed by atoms with Crippen LogP contribution in [0, 0.1) is 5.82 Å². The van der Waals surface area contributed by atoms with E-state index in [2.05, 4.69) is 19.9 Å². The molecule has 2 aromatic heterocycles. The number of benzene rings is 1. The van der Waals surface area contributed by atoms with Crippen molar-refractivity contribution in [1.82, 2.24) is 14.7 Å². The summed E-state index contributed by atoms with van der Waals surface area (Å²) in [5.74, 6) is -0.677. The molecular formula is C16H13FN4O5S. The molecule has 11 heteroatoms. The van der Waals surface area contributed by atoms with E-state index in [9.17, 15) is 22.4 Å². The number of nitrogens with two attached hydrogens (primary N) is 1. The molecule has 0 atom stereocenters. The number of aromatic nitrogens is 2. The molecule has 0 unspecified atom stereocenters. The van der Waals surface area contributed by atoms with Gasteiger partial charge < -0.3 is 14.9 Å². The summed E-state index contributed by atoms with van der Waals surface area (Å²) < 4.78 is 43.0. The Hall–Kier alpha value is -3.31. The highest BCUT2D eigenvalue weighted by Crippen LogP contribution is 2.27. The molecule has 4 N–H and O–H groups in total. The summed E-state index contributed by atoms with van der Waals surface area (Å²) in [5.41, 5.74) is 5.86. The van der Waals surface area contributed by atoms with Crippen LogP contribution < -0.4 is 16.0 Å². The first-order valence-corrected chi connectivity index (χ1v) is 8.91. The highest BCUT2D eigenvalue weighted by Gasteiger charge is 2.16. The molecular weight excluding hydrogens is 379 g/mol. The molecule has 1 aromatic carbocycles. The van der Waals surface area contributed by atoms with Crippen LogP contribution in [-0.4, -0.2) is 24.5 Å². The van der Waals surface area contributed by atoms with E-state index in [0.717, 1.165) is 0 Å². The second kappa shape index (κ2) is 7.13. The van der Waals surface area contributed by atoms with Gasteiger partial charge >= 0.3 is 16.4 Å². The third-order valence-electron chi connectivity index (χ3n) is 3.63. The molecule has 140 valence electrons. The Morgan fingerprint density at radius 1 is 1.26 bits per heavy atom. The molecule has 0 saturated carbocycles. The van der Waals surface area contributed by atoms with E-state index in [0.29, 0.717) is 22.2 Å². The standard InChI is InChI=1S/C16H13FN4O5S/c17-13-7-9(1-2-10(13)8-20-27(24,25)26-16(18)23)11-5-6-19-15-12(11)3-4-14(22)21-15/h1-7,20H,8H2,(H2,18,23)(H,19,21,22). The summed E-state index contributed by atoms with van der Waals surface area (Å²) >= 11 is 0. The van der Waals surface area contributed by atoms with Gasteiger partial charge in [0.15, 0.2) is 0 Å². The van der Waals surface area contributed by atoms with E-state index in [1.54, 1.807) is 18.2 Å². The number of halogens is 1. The summed E-state index contributed by atoms with van der Waals surface area (Å²) in [7, 11) is -4.42. The Kier molecular flexibility index (Phi) is 4.88. The molecule has 1 amide bonds. The molecule has 0 bridgehead atoms. The number of nitrogens with zero attached hydrogens (tertiary/aromatic N) is 1. The predicted molar refractivity (Wildman–Crippen MR) is 94.2 cm³/mol. The third kappa shape index (κ3) is 4.27. The van der Waals surface area contributed by atoms with Gasteiger partial charge in [0, 0.05) is 29.8 Å². The van der Waals surface area contributed by atoms with Gasteiger partial charge in [-0.05, 0) is 29.3 Å². The third-order valence-corrected chi connectivity index (χ3v) is 4.51. The number of rotatable bonds is 5. The van der Waals surface area contributed by atoms with Crippen LogP contribution in [0.2, 0.25) is 0 Å². The number of fused-ring (bicyclic) bond motifs is 1. The Morgan fingerprint density at radius 3 is 2.74 bits per heavy atom. The molecule has 0 fully saturated rings. The van der Waals surface area contributed by atoms with Crippen molar-refractivity contribution in [3.8, 4) is 11.1 Å². The summed E-state index contributed by atoms with van der Waals surface area (Å²) in [4.78, 5) is 28.6. The lowest BCUT2D eigenvalue weighted by atomic mass is 10.0. The van der Waals surface area contributed by atoms with Crippen LogP contribution in [0.3, 0.4) is 0 Å². The van der Waals surface area contributed by atoms with Crippen LogP contribution in [-0.2, 0) is 21.0 Å². The number of pyridine rings is 2. The van der Waals surface area contributed by atoms with Crippen LogP contribution in [0.5, 0.6) is 0 Å². The Labute approximate surface area is 152 Å². The minimum atomic E-state index is -4.42. The Bertz CT molecular complexity index is 1190. The first-order valence-electron chi connectivity index (χ1n) is 7.50. The lowest BCUT2D eigenvalue weighted by Crippen LogP contribution is -2.30. The number of hydrogen-bond donors (Lipinski definition) is 3. The van der Waals surface area contributed by atoms with Crippen molar-refractivity contribution in [3.05, 3.63) is 64.3 Å². The van der Waals surface area contributed by atoms with Crippen molar-refractivity contribution >= 4 is 27.4 Å². The maximum absolute atomic E-state index is 14.4. The average Bonchev–Trinajstić information content (AvgIpc) is 2.58. The van der Waals surface area contributed by atoms with Crippen molar-refractivity contribution in [3.63, 3.8) is 0 Å². The number of primary amides is 1. The van der Waals surface area contributed by atoms with E-state index in [1.807, 2.05) is 4.72 Å². The number of H-pyrrole nitrogens is 1. The van der Waals surface area contributed by atoms with Crippen molar-refractivity contribution < 1.29 is 21.8 Å². The van der Waals surface area contributed by atoms with Crippen molar-refractivity contribution in [1.29, 1.82) is 0 Å². The molecule has 9 nitrogen and oxygen atoms in total. The monoisotopic (exact) mass is 392 g/mol. The molecule has 3 rings (SSSR count). The van der Waals surface area contributed by atoms with Crippen molar-refractivity contribution in [2.45, 2.75) is 6.54 Å². The SMILES string of the molecule is NC(=O)OS(=O)(=O)NCc1ccc(-c2ccnc3[nH]c(=O)ccc23)cc1F. The van der Waals surface area contributed by atoms with E-state index in [-0.39, 0.29) is 11.1 Å². The normalized spacial score (nSPS) is 11.4. The van der Waals surface area contributed by atoms with Gasteiger partial charge in [-0.1, -0.05) is 12.1 Å². The van der Waals surface area contributed by atoms with Gasteiger partial charge in [0.1, 0.15) is 11.5 Å². The van der Waals surface area contributed by atoms with Crippen LogP contribution in [0.25, 0.3) is 22.2 Å². The van der Waals surface area contributed by atoms with E-state index in [4.69, 9.17) is 0 Å². The van der Waals surface area contributed by atoms with Crippen LogP contribution in [0.1, 0.15) is 5.56 Å². The zero-order valence-corrected chi connectivity index (χ0v) is 14.4. The largest absolute Gasteiger partial charge is 0.421 e. The zero-order chi connectivity index (χ0) is 19.6. The van der Waals surface area contributed by atoms with Gasteiger partial charge in [0.2, 0.25) is 5.56 Å². The number of aromatic amines is 1. The second-order valence-corrected chi connectivity index (χ2v) is 6.79. The molecule has 3 aromatic rings. The van der Waals surface area contributed by atoms with E-state index in [1.165, 1.54) is 24.4 Å². The van der Waals surface area contributed by atoms with Gasteiger partial charge in [-0.15, -0.1) is 0 Å².